The Hall–Kier alpha value is -0.530. The van der Waals surface area contributed by atoms with Gasteiger partial charge in [-0.15, -0.1) is 0 Å². The van der Waals surface area contributed by atoms with Gasteiger partial charge in [0, 0.05) is 0 Å². The second kappa shape index (κ2) is 6.86. The van der Waals surface area contributed by atoms with Crippen LogP contribution in [0, 0.1) is 12.3 Å². The van der Waals surface area contributed by atoms with Gasteiger partial charge in [-0.2, -0.15) is 0 Å². The van der Waals surface area contributed by atoms with Gasteiger partial charge in [0.2, 0.25) is 0 Å². The molecule has 1 aliphatic carbocycles. The van der Waals surface area contributed by atoms with E-state index < -0.39 is 0 Å². The topological polar surface area (TPSA) is 26.3 Å². The molecule has 0 unspecified atom stereocenters. The average molecular weight is 197 g/mol. The monoisotopic (exact) mass is 197 g/mol. The molecule has 0 bridgehead atoms. The van der Waals surface area contributed by atoms with Gasteiger partial charge in [-0.05, 0) is 25.7 Å². The number of carbonyl (C=O) groups excluding carboxylic acids is 1. The second-order valence-corrected chi connectivity index (χ2v) is 4.04. The van der Waals surface area contributed by atoms with Gasteiger partial charge in [-0.1, -0.05) is 32.1 Å². The van der Waals surface area contributed by atoms with E-state index >= 15 is 0 Å². The number of esters is 1. The average Bonchev–Trinajstić information content (AvgIpc) is 2.20. The Balaban J connectivity index is 1.99. The van der Waals surface area contributed by atoms with Crippen LogP contribution in [0.4, 0.5) is 0 Å². The predicted molar refractivity (Wildman–Crippen MR) is 56.7 cm³/mol. The lowest BCUT2D eigenvalue weighted by Crippen LogP contribution is -2.09. The van der Waals surface area contributed by atoms with Crippen LogP contribution in [0.15, 0.2) is 0 Å². The van der Waals surface area contributed by atoms with Crippen LogP contribution in [0.1, 0.15) is 51.9 Å². The first kappa shape index (κ1) is 11.5. The molecule has 0 aromatic carbocycles. The Morgan fingerprint density at radius 1 is 1.36 bits per heavy atom. The molecule has 0 atom stereocenters. The zero-order valence-corrected chi connectivity index (χ0v) is 9.13. The first-order valence-electron chi connectivity index (χ1n) is 5.83. The summed E-state index contributed by atoms with van der Waals surface area (Å²) >= 11 is 0. The van der Waals surface area contributed by atoms with Gasteiger partial charge in [0.15, 0.2) is 0 Å². The summed E-state index contributed by atoms with van der Waals surface area (Å²) in [4.78, 5) is 11.0. The minimum Gasteiger partial charge on any atom is -0.466 e. The molecule has 1 saturated carbocycles. The number of carbonyl (C=O) groups is 1. The van der Waals surface area contributed by atoms with E-state index in [0.717, 1.165) is 12.3 Å². The van der Waals surface area contributed by atoms with Crippen LogP contribution in [-0.4, -0.2) is 12.6 Å². The lowest BCUT2D eigenvalue weighted by Gasteiger charge is -2.20. The van der Waals surface area contributed by atoms with Crippen molar-refractivity contribution in [1.82, 2.24) is 0 Å². The van der Waals surface area contributed by atoms with Gasteiger partial charge in [0.1, 0.15) is 0 Å². The smallest absolute Gasteiger partial charge is 0.309 e. The van der Waals surface area contributed by atoms with Crippen LogP contribution in [0.2, 0.25) is 0 Å². The number of ether oxygens (including phenoxy) is 1. The summed E-state index contributed by atoms with van der Waals surface area (Å²) in [5, 5.41) is 0. The third-order valence-corrected chi connectivity index (χ3v) is 2.90. The molecule has 14 heavy (non-hydrogen) atoms. The molecule has 0 aliphatic heterocycles. The maximum Gasteiger partial charge on any atom is 0.309 e. The van der Waals surface area contributed by atoms with Crippen molar-refractivity contribution >= 4 is 5.97 Å². The molecule has 0 amide bonds. The van der Waals surface area contributed by atoms with E-state index in [0.29, 0.717) is 6.61 Å². The van der Waals surface area contributed by atoms with Gasteiger partial charge in [-0.25, -0.2) is 0 Å². The molecule has 0 saturated heterocycles. The van der Waals surface area contributed by atoms with E-state index in [1.54, 1.807) is 6.42 Å². The highest BCUT2D eigenvalue weighted by Crippen LogP contribution is 2.27. The van der Waals surface area contributed by atoms with E-state index in [9.17, 15) is 4.79 Å². The molecular formula is C12H21O2. The Labute approximate surface area is 87.0 Å². The van der Waals surface area contributed by atoms with E-state index in [2.05, 4.69) is 0 Å². The Morgan fingerprint density at radius 2 is 2.07 bits per heavy atom. The summed E-state index contributed by atoms with van der Waals surface area (Å²) in [5.41, 5.74) is 0. The Bertz CT molecular complexity index is 160. The third kappa shape index (κ3) is 4.64. The summed E-state index contributed by atoms with van der Waals surface area (Å²) in [5.74, 6) is 0.706. The third-order valence-electron chi connectivity index (χ3n) is 2.90. The predicted octanol–water partition coefficient (Wildman–Crippen LogP) is 3.11. The summed E-state index contributed by atoms with van der Waals surface area (Å²) < 4.78 is 4.84. The van der Waals surface area contributed by atoms with Crippen molar-refractivity contribution in [2.24, 2.45) is 5.92 Å². The molecule has 2 nitrogen and oxygen atoms in total. The van der Waals surface area contributed by atoms with Gasteiger partial charge < -0.3 is 4.74 Å². The quantitative estimate of drug-likeness (QED) is 0.633. The highest BCUT2D eigenvalue weighted by atomic mass is 16.5. The highest BCUT2D eigenvalue weighted by Gasteiger charge is 2.13. The van der Waals surface area contributed by atoms with E-state index in [1.165, 1.54) is 38.5 Å². The maximum atomic E-state index is 11.0. The molecule has 1 aliphatic rings. The standard InChI is InChI=1S/C12H21O2/c1-2-14-12(13)10-6-9-11-7-4-3-5-8-11/h10-11H,2-9H2,1H3. The number of hydrogen-bond donors (Lipinski definition) is 0. The Morgan fingerprint density at radius 3 is 2.71 bits per heavy atom. The molecule has 2 heteroatoms. The minimum absolute atomic E-state index is 0.150. The second-order valence-electron chi connectivity index (χ2n) is 4.04. The van der Waals surface area contributed by atoms with Crippen LogP contribution in [0.5, 0.6) is 0 Å². The summed E-state index contributed by atoms with van der Waals surface area (Å²) in [6.45, 7) is 2.33. The van der Waals surface area contributed by atoms with Crippen molar-refractivity contribution in [3.63, 3.8) is 0 Å². The summed E-state index contributed by atoms with van der Waals surface area (Å²) in [6, 6.07) is 0. The molecule has 1 fully saturated rings. The Kier molecular flexibility index (Phi) is 5.65. The number of hydrogen-bond acceptors (Lipinski definition) is 2. The zero-order chi connectivity index (χ0) is 10.2. The summed E-state index contributed by atoms with van der Waals surface area (Å²) in [7, 11) is 0. The zero-order valence-electron chi connectivity index (χ0n) is 9.13. The van der Waals surface area contributed by atoms with E-state index in [-0.39, 0.29) is 5.97 Å². The molecule has 1 radical (unpaired) electrons. The van der Waals surface area contributed by atoms with Crippen molar-refractivity contribution in [3.05, 3.63) is 6.42 Å². The van der Waals surface area contributed by atoms with Gasteiger partial charge in [0.05, 0.1) is 13.0 Å². The van der Waals surface area contributed by atoms with Crippen LogP contribution in [-0.2, 0) is 9.53 Å². The van der Waals surface area contributed by atoms with Gasteiger partial charge in [0.25, 0.3) is 0 Å². The molecule has 81 valence electrons. The van der Waals surface area contributed by atoms with Crippen molar-refractivity contribution in [2.75, 3.05) is 6.61 Å². The first-order chi connectivity index (χ1) is 6.83. The van der Waals surface area contributed by atoms with Crippen LogP contribution >= 0.6 is 0 Å². The van der Waals surface area contributed by atoms with Crippen LogP contribution in [0.3, 0.4) is 0 Å². The molecule has 0 spiro atoms. The van der Waals surface area contributed by atoms with Crippen molar-refractivity contribution in [1.29, 1.82) is 0 Å². The van der Waals surface area contributed by atoms with Crippen LogP contribution in [0.25, 0.3) is 0 Å². The number of rotatable bonds is 5. The fourth-order valence-electron chi connectivity index (χ4n) is 2.11. The fourth-order valence-corrected chi connectivity index (χ4v) is 2.11. The van der Waals surface area contributed by atoms with Crippen molar-refractivity contribution in [2.45, 2.75) is 51.9 Å². The molecule has 0 heterocycles. The maximum absolute atomic E-state index is 11.0. The fraction of sp³-hybridized carbons (Fsp3) is 0.833. The molecular weight excluding hydrogens is 176 g/mol. The largest absolute Gasteiger partial charge is 0.466 e. The van der Waals surface area contributed by atoms with Gasteiger partial charge in [-0.3, -0.25) is 4.79 Å². The van der Waals surface area contributed by atoms with Crippen LogP contribution < -0.4 is 0 Å². The van der Waals surface area contributed by atoms with E-state index in [1.807, 2.05) is 6.92 Å². The minimum atomic E-state index is -0.150. The molecule has 1 rings (SSSR count). The van der Waals surface area contributed by atoms with Gasteiger partial charge >= 0.3 is 5.97 Å². The van der Waals surface area contributed by atoms with Crippen molar-refractivity contribution < 1.29 is 9.53 Å². The molecule has 0 aromatic heterocycles. The SMILES string of the molecule is CCOC(=O)[CH]CCC1CCCCC1. The first-order valence-corrected chi connectivity index (χ1v) is 5.83. The molecule has 0 N–H and O–H groups in total. The van der Waals surface area contributed by atoms with Crippen molar-refractivity contribution in [3.8, 4) is 0 Å². The summed E-state index contributed by atoms with van der Waals surface area (Å²) in [6.07, 6.45) is 10.6. The highest BCUT2D eigenvalue weighted by molar-refractivity contribution is 5.78. The van der Waals surface area contributed by atoms with E-state index in [4.69, 9.17) is 4.74 Å². The lowest BCUT2D eigenvalue weighted by atomic mass is 9.86. The lowest BCUT2D eigenvalue weighted by molar-refractivity contribution is -0.139. The normalized spacial score (nSPS) is 18.1. The molecule has 0 aromatic rings.